The van der Waals surface area contributed by atoms with Crippen LogP contribution in [0.25, 0.3) is 0 Å². The summed E-state index contributed by atoms with van der Waals surface area (Å²) in [6.07, 6.45) is 28.1. The SMILES string of the molecule is CC(=O)CCCCCCCC[C]1[CH][CH][CH][CH]1.[CH]1[CH][CH][CH][CH]1.[Fe+2]. The van der Waals surface area contributed by atoms with E-state index in [-0.39, 0.29) is 17.1 Å². The van der Waals surface area contributed by atoms with Gasteiger partial charge in [0.1, 0.15) is 5.78 Å². The first kappa shape index (κ1) is 22.2. The standard InChI is InChI=1S/C15H23O.C5H5.Fe/c1-14(16)10-6-4-2-3-5-7-11-15-12-8-9-13-15;1-2-4-5-3-1;/h8-9,12-13H,2-7,10-11H2,1H3;1-5H;/q;;+2. The van der Waals surface area contributed by atoms with Crippen LogP contribution in [-0.2, 0) is 21.9 Å². The van der Waals surface area contributed by atoms with Crippen molar-refractivity contribution in [3.63, 3.8) is 0 Å². The minimum Gasteiger partial charge on any atom is -0.300 e. The Morgan fingerprint density at radius 1 is 0.727 bits per heavy atom. The summed E-state index contributed by atoms with van der Waals surface area (Å²) in [6.45, 7) is 1.68. The number of rotatable bonds is 9. The Morgan fingerprint density at radius 2 is 1.18 bits per heavy atom. The molecule has 0 spiro atoms. The number of Topliss-reactive ketones (excluding diaryl/α,β-unsaturated/α-hetero) is 1. The third-order valence-electron chi connectivity index (χ3n) is 3.53. The van der Waals surface area contributed by atoms with Gasteiger partial charge in [-0.2, -0.15) is 0 Å². The van der Waals surface area contributed by atoms with Crippen LogP contribution < -0.4 is 0 Å². The molecule has 22 heavy (non-hydrogen) atoms. The largest absolute Gasteiger partial charge is 2.00 e. The minimum atomic E-state index is 0. The van der Waals surface area contributed by atoms with Crippen LogP contribution in [0.5, 0.6) is 0 Å². The van der Waals surface area contributed by atoms with E-state index in [2.05, 4.69) is 25.7 Å². The molecule has 0 bridgehead atoms. The maximum atomic E-state index is 10.7. The van der Waals surface area contributed by atoms with Gasteiger partial charge in [-0.15, -0.1) is 0 Å². The van der Waals surface area contributed by atoms with E-state index in [0.717, 1.165) is 12.8 Å². The second-order valence-corrected chi connectivity index (χ2v) is 5.58. The van der Waals surface area contributed by atoms with Gasteiger partial charge in [-0.05, 0) is 83.5 Å². The average molecular weight is 340 g/mol. The van der Waals surface area contributed by atoms with Crippen molar-refractivity contribution in [1.82, 2.24) is 0 Å². The Hall–Kier alpha value is 0.189. The van der Waals surface area contributed by atoms with Crippen LogP contribution >= 0.6 is 0 Å². The molecule has 2 fully saturated rings. The second-order valence-electron chi connectivity index (χ2n) is 5.58. The summed E-state index contributed by atoms with van der Waals surface area (Å²) in [7, 11) is 0. The van der Waals surface area contributed by atoms with Crippen molar-refractivity contribution < 1.29 is 21.9 Å². The van der Waals surface area contributed by atoms with Crippen LogP contribution in [0.4, 0.5) is 0 Å². The summed E-state index contributed by atoms with van der Waals surface area (Å²) in [5.41, 5.74) is 0. The second kappa shape index (κ2) is 16.1. The molecular weight excluding hydrogens is 312 g/mol. The molecule has 0 saturated heterocycles. The van der Waals surface area contributed by atoms with Gasteiger partial charge in [0.05, 0.1) is 0 Å². The van der Waals surface area contributed by atoms with Crippen molar-refractivity contribution in [2.24, 2.45) is 0 Å². The Morgan fingerprint density at radius 3 is 1.68 bits per heavy atom. The Bertz CT molecular complexity index is 234. The number of carbonyl (C=O) groups excluding carboxylic acids is 1. The molecule has 10 radical (unpaired) electrons. The first-order valence-electron chi connectivity index (χ1n) is 8.16. The van der Waals surface area contributed by atoms with Crippen molar-refractivity contribution in [1.29, 1.82) is 0 Å². The minimum absolute atomic E-state index is 0. The van der Waals surface area contributed by atoms with Crippen molar-refractivity contribution in [2.45, 2.75) is 58.3 Å². The fourth-order valence-electron chi connectivity index (χ4n) is 2.31. The summed E-state index contributed by atoms with van der Waals surface area (Å²) in [5, 5.41) is 0. The number of ketones is 1. The molecule has 0 aromatic rings. The van der Waals surface area contributed by atoms with E-state index in [4.69, 9.17) is 0 Å². The summed E-state index contributed by atoms with van der Waals surface area (Å²) < 4.78 is 0. The van der Waals surface area contributed by atoms with Crippen LogP contribution in [0.2, 0.25) is 0 Å². The molecule has 120 valence electrons. The molecule has 2 saturated carbocycles. The van der Waals surface area contributed by atoms with Gasteiger partial charge < -0.3 is 4.79 Å². The normalized spacial score (nSPS) is 17.7. The van der Waals surface area contributed by atoms with Gasteiger partial charge >= 0.3 is 17.1 Å². The van der Waals surface area contributed by atoms with Gasteiger partial charge in [-0.25, -0.2) is 0 Å². The number of hydrogen-bond acceptors (Lipinski definition) is 1. The van der Waals surface area contributed by atoms with Gasteiger partial charge in [0.25, 0.3) is 0 Å². The zero-order valence-corrected chi connectivity index (χ0v) is 14.7. The Balaban J connectivity index is 0.000000622. The first-order chi connectivity index (χ1) is 10.3. The molecule has 0 aromatic carbocycles. The molecule has 1 nitrogen and oxygen atoms in total. The molecule has 2 rings (SSSR count). The molecule has 0 atom stereocenters. The summed E-state index contributed by atoms with van der Waals surface area (Å²) >= 11 is 0. The fourth-order valence-corrected chi connectivity index (χ4v) is 2.31. The molecule has 0 aliphatic heterocycles. The molecule has 2 aliphatic carbocycles. The molecule has 0 N–H and O–H groups in total. The van der Waals surface area contributed by atoms with Crippen LogP contribution in [-0.4, -0.2) is 5.78 Å². The molecule has 2 aliphatic rings. The van der Waals surface area contributed by atoms with Crippen LogP contribution in [0.1, 0.15) is 58.3 Å². The fraction of sp³-hybridized carbons (Fsp3) is 0.450. The zero-order chi connectivity index (χ0) is 15.2. The van der Waals surface area contributed by atoms with Gasteiger partial charge in [0, 0.05) is 6.42 Å². The van der Waals surface area contributed by atoms with Gasteiger partial charge in [0.15, 0.2) is 0 Å². The van der Waals surface area contributed by atoms with Crippen LogP contribution in [0, 0.1) is 63.7 Å². The third kappa shape index (κ3) is 13.8. The van der Waals surface area contributed by atoms with Crippen molar-refractivity contribution >= 4 is 5.78 Å². The predicted octanol–water partition coefficient (Wildman–Crippen LogP) is 5.12. The zero-order valence-electron chi connectivity index (χ0n) is 13.6. The maximum absolute atomic E-state index is 10.7. The van der Waals surface area contributed by atoms with Gasteiger partial charge in [-0.1, -0.05) is 32.1 Å². The molecule has 0 aromatic heterocycles. The predicted molar refractivity (Wildman–Crippen MR) is 89.6 cm³/mol. The topological polar surface area (TPSA) is 17.1 Å². The van der Waals surface area contributed by atoms with Crippen molar-refractivity contribution in [3.8, 4) is 0 Å². The molecular formula is C20H28FeO+2. The van der Waals surface area contributed by atoms with Gasteiger partial charge in [0.2, 0.25) is 0 Å². The number of hydrogen-bond donors (Lipinski definition) is 0. The molecule has 0 amide bonds. The van der Waals surface area contributed by atoms with Crippen LogP contribution in [0.3, 0.4) is 0 Å². The smallest absolute Gasteiger partial charge is 0.300 e. The molecule has 0 unspecified atom stereocenters. The van der Waals surface area contributed by atoms with Crippen molar-refractivity contribution in [2.75, 3.05) is 0 Å². The first-order valence-corrected chi connectivity index (χ1v) is 8.16. The summed E-state index contributed by atoms with van der Waals surface area (Å²) in [5.74, 6) is 1.80. The third-order valence-corrected chi connectivity index (χ3v) is 3.53. The van der Waals surface area contributed by atoms with E-state index in [9.17, 15) is 4.79 Å². The van der Waals surface area contributed by atoms with E-state index in [1.54, 1.807) is 6.92 Å². The quantitative estimate of drug-likeness (QED) is 0.420. The van der Waals surface area contributed by atoms with E-state index in [1.165, 1.54) is 44.4 Å². The Kier molecular flexibility index (Phi) is 16.2. The summed E-state index contributed by atoms with van der Waals surface area (Å²) in [4.78, 5) is 10.7. The average Bonchev–Trinajstić information content (AvgIpc) is 3.16. The summed E-state index contributed by atoms with van der Waals surface area (Å²) in [6, 6.07) is 0. The van der Waals surface area contributed by atoms with E-state index >= 15 is 0 Å². The maximum Gasteiger partial charge on any atom is 2.00 e. The van der Waals surface area contributed by atoms with Crippen molar-refractivity contribution in [3.05, 3.63) is 63.7 Å². The molecule has 0 heterocycles. The Labute approximate surface area is 149 Å². The number of carbonyl (C=O) groups is 1. The monoisotopic (exact) mass is 340 g/mol. The van der Waals surface area contributed by atoms with Crippen LogP contribution in [0.15, 0.2) is 0 Å². The molecule has 2 heteroatoms. The van der Waals surface area contributed by atoms with E-state index in [0.29, 0.717) is 5.78 Å². The van der Waals surface area contributed by atoms with Gasteiger partial charge in [-0.3, -0.25) is 0 Å². The van der Waals surface area contributed by atoms with E-state index in [1.807, 2.05) is 32.1 Å². The van der Waals surface area contributed by atoms with E-state index < -0.39 is 0 Å². The number of unbranched alkanes of at least 4 members (excludes halogenated alkanes) is 5.